The summed E-state index contributed by atoms with van der Waals surface area (Å²) in [6.45, 7) is 6.85. The first-order chi connectivity index (χ1) is 12.5. The summed E-state index contributed by atoms with van der Waals surface area (Å²) in [4.78, 5) is 16.6. The van der Waals surface area contributed by atoms with Gasteiger partial charge in [-0.25, -0.2) is 4.79 Å². The van der Waals surface area contributed by atoms with Crippen LogP contribution in [0.15, 0.2) is 36.4 Å². The quantitative estimate of drug-likeness (QED) is 0.871. The maximum absolute atomic E-state index is 12.5. The molecule has 2 aromatic rings. The molecule has 3 rings (SSSR count). The molecule has 1 aliphatic rings. The van der Waals surface area contributed by atoms with Crippen LogP contribution in [0.3, 0.4) is 0 Å². The van der Waals surface area contributed by atoms with Gasteiger partial charge in [0.2, 0.25) is 0 Å². The van der Waals surface area contributed by atoms with Crippen LogP contribution < -0.4 is 15.0 Å². The maximum Gasteiger partial charge on any atom is 0.321 e. The highest BCUT2D eigenvalue weighted by Gasteiger charge is 2.23. The van der Waals surface area contributed by atoms with Gasteiger partial charge in [0.1, 0.15) is 5.75 Å². The minimum absolute atomic E-state index is 0.0965. The molecule has 6 heteroatoms. The van der Waals surface area contributed by atoms with Gasteiger partial charge in [0.05, 0.1) is 12.8 Å². The molecule has 0 aromatic heterocycles. The molecule has 1 aliphatic heterocycles. The molecule has 1 saturated heterocycles. The Kier molecular flexibility index (Phi) is 5.57. The minimum atomic E-state index is -0.0965. The Labute approximate surface area is 159 Å². The molecule has 0 spiro atoms. The summed E-state index contributed by atoms with van der Waals surface area (Å²) in [5.41, 5.74) is 3.98. The number of halogens is 1. The lowest BCUT2D eigenvalue weighted by Gasteiger charge is -2.36. The number of amides is 2. The average molecular weight is 374 g/mol. The Morgan fingerprint density at radius 2 is 1.81 bits per heavy atom. The van der Waals surface area contributed by atoms with E-state index in [-0.39, 0.29) is 6.03 Å². The number of piperazine rings is 1. The molecule has 5 nitrogen and oxygen atoms in total. The lowest BCUT2D eigenvalue weighted by Crippen LogP contribution is -2.50. The van der Waals surface area contributed by atoms with Gasteiger partial charge in [-0.15, -0.1) is 0 Å². The molecule has 0 unspecified atom stereocenters. The number of urea groups is 1. The average Bonchev–Trinajstić information content (AvgIpc) is 2.65. The standard InChI is InChI=1S/C20H24ClN3O2/c1-14-4-7-19(26-3)18(12-14)23-8-10-24(11-9-23)20(25)22-16-6-5-15(2)17(21)13-16/h4-7,12-13H,8-11H2,1-3H3,(H,22,25). The van der Waals surface area contributed by atoms with E-state index >= 15 is 0 Å². The van der Waals surface area contributed by atoms with E-state index in [9.17, 15) is 4.79 Å². The SMILES string of the molecule is COc1ccc(C)cc1N1CCN(C(=O)Nc2ccc(C)c(Cl)c2)CC1. The number of anilines is 2. The number of carbonyl (C=O) groups is 1. The summed E-state index contributed by atoms with van der Waals surface area (Å²) in [6, 6.07) is 11.6. The Hall–Kier alpha value is -2.40. The molecule has 1 fully saturated rings. The fourth-order valence-corrected chi connectivity index (χ4v) is 3.25. The minimum Gasteiger partial charge on any atom is -0.495 e. The van der Waals surface area contributed by atoms with Crippen molar-refractivity contribution in [3.05, 3.63) is 52.5 Å². The van der Waals surface area contributed by atoms with Gasteiger partial charge in [-0.05, 0) is 49.2 Å². The Morgan fingerprint density at radius 1 is 1.08 bits per heavy atom. The van der Waals surface area contributed by atoms with Gasteiger partial charge in [0.15, 0.2) is 0 Å². The van der Waals surface area contributed by atoms with Crippen LogP contribution >= 0.6 is 11.6 Å². The molecular weight excluding hydrogens is 350 g/mol. The van der Waals surface area contributed by atoms with Gasteiger partial charge in [-0.3, -0.25) is 0 Å². The molecule has 0 radical (unpaired) electrons. The summed E-state index contributed by atoms with van der Waals surface area (Å²) in [6.07, 6.45) is 0. The van der Waals surface area contributed by atoms with E-state index < -0.39 is 0 Å². The smallest absolute Gasteiger partial charge is 0.321 e. The normalized spacial score (nSPS) is 14.3. The van der Waals surface area contributed by atoms with Gasteiger partial charge in [-0.2, -0.15) is 0 Å². The Morgan fingerprint density at radius 3 is 2.46 bits per heavy atom. The van der Waals surface area contributed by atoms with Gasteiger partial charge in [0.25, 0.3) is 0 Å². The number of nitrogens with zero attached hydrogens (tertiary/aromatic N) is 2. The van der Waals surface area contributed by atoms with E-state index in [1.807, 2.05) is 36.1 Å². The topological polar surface area (TPSA) is 44.8 Å². The van der Waals surface area contributed by atoms with Gasteiger partial charge in [-0.1, -0.05) is 23.7 Å². The van der Waals surface area contributed by atoms with E-state index in [1.165, 1.54) is 5.56 Å². The number of methoxy groups -OCH3 is 1. The number of benzene rings is 2. The highest BCUT2D eigenvalue weighted by molar-refractivity contribution is 6.31. The molecule has 2 aromatic carbocycles. The van der Waals surface area contributed by atoms with Crippen LogP contribution in [0, 0.1) is 13.8 Å². The predicted molar refractivity (Wildman–Crippen MR) is 107 cm³/mol. The Balaban J connectivity index is 1.62. The first kappa shape index (κ1) is 18.4. The third-order valence-electron chi connectivity index (χ3n) is 4.67. The van der Waals surface area contributed by atoms with E-state index in [4.69, 9.17) is 16.3 Å². The largest absolute Gasteiger partial charge is 0.495 e. The summed E-state index contributed by atoms with van der Waals surface area (Å²) in [7, 11) is 1.69. The summed E-state index contributed by atoms with van der Waals surface area (Å²) in [5, 5.41) is 3.58. The molecule has 0 bridgehead atoms. The third-order valence-corrected chi connectivity index (χ3v) is 5.07. The zero-order valence-electron chi connectivity index (χ0n) is 15.4. The van der Waals surface area contributed by atoms with Gasteiger partial charge < -0.3 is 19.9 Å². The second-order valence-electron chi connectivity index (χ2n) is 6.54. The summed E-state index contributed by atoms with van der Waals surface area (Å²) < 4.78 is 5.48. The van der Waals surface area contributed by atoms with Crippen molar-refractivity contribution in [3.63, 3.8) is 0 Å². The van der Waals surface area contributed by atoms with Crippen molar-refractivity contribution in [2.75, 3.05) is 43.5 Å². The lowest BCUT2D eigenvalue weighted by atomic mass is 10.1. The first-order valence-corrected chi connectivity index (χ1v) is 9.07. The predicted octanol–water partition coefficient (Wildman–Crippen LogP) is 4.32. The van der Waals surface area contributed by atoms with E-state index in [0.717, 1.165) is 30.1 Å². The zero-order valence-corrected chi connectivity index (χ0v) is 16.1. The fraction of sp³-hybridized carbons (Fsp3) is 0.350. The van der Waals surface area contributed by atoms with Crippen molar-refractivity contribution in [1.82, 2.24) is 4.90 Å². The number of hydrogen-bond donors (Lipinski definition) is 1. The van der Waals surface area contributed by atoms with Crippen molar-refractivity contribution in [3.8, 4) is 5.75 Å². The number of nitrogens with one attached hydrogen (secondary N) is 1. The van der Waals surface area contributed by atoms with Crippen molar-refractivity contribution in [2.45, 2.75) is 13.8 Å². The maximum atomic E-state index is 12.5. The molecule has 26 heavy (non-hydrogen) atoms. The van der Waals surface area contributed by atoms with Crippen LogP contribution in [-0.4, -0.2) is 44.2 Å². The fourth-order valence-electron chi connectivity index (χ4n) is 3.07. The van der Waals surface area contributed by atoms with Crippen LogP contribution in [0.25, 0.3) is 0 Å². The zero-order chi connectivity index (χ0) is 18.7. The highest BCUT2D eigenvalue weighted by Crippen LogP contribution is 2.30. The third kappa shape index (κ3) is 4.05. The number of rotatable bonds is 3. The van der Waals surface area contributed by atoms with Crippen LogP contribution in [0.5, 0.6) is 5.75 Å². The molecule has 1 N–H and O–H groups in total. The van der Waals surface area contributed by atoms with E-state index in [1.54, 1.807) is 13.2 Å². The van der Waals surface area contributed by atoms with Crippen LogP contribution in [-0.2, 0) is 0 Å². The van der Waals surface area contributed by atoms with Crippen molar-refractivity contribution in [2.24, 2.45) is 0 Å². The number of carbonyl (C=O) groups excluding carboxylic acids is 1. The lowest BCUT2D eigenvalue weighted by molar-refractivity contribution is 0.208. The molecule has 0 atom stereocenters. The van der Waals surface area contributed by atoms with Gasteiger partial charge >= 0.3 is 6.03 Å². The molecule has 0 aliphatic carbocycles. The first-order valence-electron chi connectivity index (χ1n) is 8.69. The Bertz CT molecular complexity index is 802. The van der Waals surface area contributed by atoms with Crippen LogP contribution in [0.2, 0.25) is 5.02 Å². The second kappa shape index (κ2) is 7.87. The highest BCUT2D eigenvalue weighted by atomic mass is 35.5. The van der Waals surface area contributed by atoms with Crippen LogP contribution in [0.4, 0.5) is 16.2 Å². The molecular formula is C20H24ClN3O2. The number of hydrogen-bond acceptors (Lipinski definition) is 3. The van der Waals surface area contributed by atoms with Crippen molar-refractivity contribution in [1.29, 1.82) is 0 Å². The second-order valence-corrected chi connectivity index (χ2v) is 6.95. The van der Waals surface area contributed by atoms with Crippen molar-refractivity contribution >= 4 is 29.0 Å². The van der Waals surface area contributed by atoms with Crippen molar-refractivity contribution < 1.29 is 9.53 Å². The van der Waals surface area contributed by atoms with E-state index in [2.05, 4.69) is 23.2 Å². The molecule has 138 valence electrons. The van der Waals surface area contributed by atoms with Gasteiger partial charge in [0, 0.05) is 36.9 Å². The number of ether oxygens (including phenoxy) is 1. The van der Waals surface area contributed by atoms with Crippen LogP contribution in [0.1, 0.15) is 11.1 Å². The summed E-state index contributed by atoms with van der Waals surface area (Å²) in [5.74, 6) is 0.864. The summed E-state index contributed by atoms with van der Waals surface area (Å²) >= 11 is 6.13. The molecule has 2 amide bonds. The monoisotopic (exact) mass is 373 g/mol. The molecule has 1 heterocycles. The number of aryl methyl sites for hydroxylation is 2. The molecule has 0 saturated carbocycles. The van der Waals surface area contributed by atoms with E-state index in [0.29, 0.717) is 23.8 Å².